The van der Waals surface area contributed by atoms with Crippen molar-refractivity contribution in [2.24, 2.45) is 0 Å². The fourth-order valence-corrected chi connectivity index (χ4v) is 2.32. The van der Waals surface area contributed by atoms with Gasteiger partial charge in [-0.25, -0.2) is 4.79 Å². The molecular formula is C16H32O3. The first-order valence-corrected chi connectivity index (χ1v) is 8.00. The molecule has 0 aliphatic rings. The molecule has 19 heavy (non-hydrogen) atoms. The van der Waals surface area contributed by atoms with Gasteiger partial charge < -0.3 is 9.84 Å². The van der Waals surface area contributed by atoms with Crippen molar-refractivity contribution in [2.45, 2.75) is 90.6 Å². The van der Waals surface area contributed by atoms with E-state index in [4.69, 9.17) is 4.74 Å². The molecule has 0 radical (unpaired) electrons. The molecule has 3 heteroatoms. The Bertz CT molecular complexity index is 222. The number of carbonyl (C=O) groups is 1. The lowest BCUT2D eigenvalue weighted by Gasteiger charge is -2.27. The molecule has 0 aromatic heterocycles. The zero-order valence-electron chi connectivity index (χ0n) is 13.0. The summed E-state index contributed by atoms with van der Waals surface area (Å²) < 4.78 is 5.64. The average molecular weight is 272 g/mol. The molecule has 0 aromatic rings. The Morgan fingerprint density at radius 3 is 1.79 bits per heavy atom. The Hall–Kier alpha value is -0.570. The molecule has 0 saturated carbocycles. The number of rotatable bonds is 13. The van der Waals surface area contributed by atoms with Gasteiger partial charge in [0.25, 0.3) is 0 Å². The van der Waals surface area contributed by atoms with Gasteiger partial charge in [-0.15, -0.1) is 0 Å². The molecular weight excluding hydrogens is 240 g/mol. The number of hydrogen-bond acceptors (Lipinski definition) is 2. The van der Waals surface area contributed by atoms with Crippen LogP contribution in [0.3, 0.4) is 0 Å². The zero-order valence-corrected chi connectivity index (χ0v) is 13.0. The SMILES string of the molecule is CCCCCCCCCCOC(CC)(CC)C(=O)O. The largest absolute Gasteiger partial charge is 0.479 e. The van der Waals surface area contributed by atoms with E-state index in [2.05, 4.69) is 6.92 Å². The van der Waals surface area contributed by atoms with Crippen molar-refractivity contribution in [3.8, 4) is 0 Å². The molecule has 0 unspecified atom stereocenters. The van der Waals surface area contributed by atoms with E-state index in [1.807, 2.05) is 13.8 Å². The Labute approximate surface area is 118 Å². The van der Waals surface area contributed by atoms with Crippen LogP contribution in [0.25, 0.3) is 0 Å². The molecule has 1 N–H and O–H groups in total. The summed E-state index contributed by atoms with van der Waals surface area (Å²) in [5.41, 5.74) is -0.957. The van der Waals surface area contributed by atoms with Crippen molar-refractivity contribution in [1.29, 1.82) is 0 Å². The molecule has 0 aromatic carbocycles. The topological polar surface area (TPSA) is 46.5 Å². The molecule has 0 heterocycles. The number of carboxylic acids is 1. The minimum Gasteiger partial charge on any atom is -0.479 e. The summed E-state index contributed by atoms with van der Waals surface area (Å²) in [5, 5.41) is 9.22. The lowest BCUT2D eigenvalue weighted by Crippen LogP contribution is -2.40. The maximum Gasteiger partial charge on any atom is 0.335 e. The van der Waals surface area contributed by atoms with Crippen LogP contribution in [-0.2, 0) is 9.53 Å². The molecule has 0 aliphatic heterocycles. The highest BCUT2D eigenvalue weighted by Gasteiger charge is 2.35. The van der Waals surface area contributed by atoms with Gasteiger partial charge in [-0.1, -0.05) is 65.7 Å². The van der Waals surface area contributed by atoms with Gasteiger partial charge in [0.05, 0.1) is 0 Å². The van der Waals surface area contributed by atoms with Gasteiger partial charge in [0.15, 0.2) is 5.60 Å². The summed E-state index contributed by atoms with van der Waals surface area (Å²) in [6.07, 6.45) is 11.1. The van der Waals surface area contributed by atoms with Crippen LogP contribution in [0.4, 0.5) is 0 Å². The van der Waals surface area contributed by atoms with E-state index in [9.17, 15) is 9.90 Å². The number of aliphatic carboxylic acids is 1. The summed E-state index contributed by atoms with van der Waals surface area (Å²) in [5.74, 6) is -0.822. The molecule has 0 amide bonds. The van der Waals surface area contributed by atoms with Crippen molar-refractivity contribution in [3.05, 3.63) is 0 Å². The maximum absolute atomic E-state index is 11.2. The fraction of sp³-hybridized carbons (Fsp3) is 0.938. The Balaban J connectivity index is 3.59. The Morgan fingerprint density at radius 1 is 0.895 bits per heavy atom. The van der Waals surface area contributed by atoms with E-state index < -0.39 is 11.6 Å². The molecule has 0 rings (SSSR count). The predicted molar refractivity (Wildman–Crippen MR) is 79.5 cm³/mol. The van der Waals surface area contributed by atoms with Crippen molar-refractivity contribution < 1.29 is 14.6 Å². The number of unbranched alkanes of at least 4 members (excludes halogenated alkanes) is 7. The normalized spacial score (nSPS) is 11.7. The molecule has 0 atom stereocenters. The van der Waals surface area contributed by atoms with Crippen LogP contribution >= 0.6 is 0 Å². The van der Waals surface area contributed by atoms with Crippen LogP contribution in [-0.4, -0.2) is 23.3 Å². The van der Waals surface area contributed by atoms with Gasteiger partial charge in [0.2, 0.25) is 0 Å². The maximum atomic E-state index is 11.2. The van der Waals surface area contributed by atoms with Crippen LogP contribution in [0.15, 0.2) is 0 Å². The van der Waals surface area contributed by atoms with E-state index >= 15 is 0 Å². The molecule has 0 spiro atoms. The second kappa shape index (κ2) is 11.3. The third kappa shape index (κ3) is 7.56. The van der Waals surface area contributed by atoms with E-state index in [1.54, 1.807) is 0 Å². The smallest absolute Gasteiger partial charge is 0.335 e. The van der Waals surface area contributed by atoms with Gasteiger partial charge in [0.1, 0.15) is 0 Å². The average Bonchev–Trinajstić information content (AvgIpc) is 2.41. The molecule has 0 saturated heterocycles. The number of hydrogen-bond donors (Lipinski definition) is 1. The fourth-order valence-electron chi connectivity index (χ4n) is 2.32. The van der Waals surface area contributed by atoms with Crippen molar-refractivity contribution >= 4 is 5.97 Å². The van der Waals surface area contributed by atoms with Crippen LogP contribution in [0.2, 0.25) is 0 Å². The highest BCUT2D eigenvalue weighted by atomic mass is 16.5. The predicted octanol–water partition coefficient (Wildman–Crippen LogP) is 4.79. The Morgan fingerprint density at radius 2 is 1.37 bits per heavy atom. The van der Waals surface area contributed by atoms with Crippen LogP contribution in [0.1, 0.15) is 85.0 Å². The van der Waals surface area contributed by atoms with Gasteiger partial charge in [-0.2, -0.15) is 0 Å². The lowest BCUT2D eigenvalue weighted by molar-refractivity contribution is -0.167. The highest BCUT2D eigenvalue weighted by molar-refractivity contribution is 5.77. The highest BCUT2D eigenvalue weighted by Crippen LogP contribution is 2.21. The molecule has 0 fully saturated rings. The van der Waals surface area contributed by atoms with Crippen molar-refractivity contribution in [2.75, 3.05) is 6.61 Å². The van der Waals surface area contributed by atoms with Gasteiger partial charge in [-0.3, -0.25) is 0 Å². The number of ether oxygens (including phenoxy) is 1. The second-order valence-corrected chi connectivity index (χ2v) is 5.33. The monoisotopic (exact) mass is 272 g/mol. The van der Waals surface area contributed by atoms with Gasteiger partial charge in [-0.05, 0) is 19.3 Å². The van der Waals surface area contributed by atoms with E-state index in [1.165, 1.54) is 38.5 Å². The molecule has 114 valence electrons. The van der Waals surface area contributed by atoms with Crippen molar-refractivity contribution in [3.63, 3.8) is 0 Å². The van der Waals surface area contributed by atoms with Crippen LogP contribution < -0.4 is 0 Å². The minimum absolute atomic E-state index is 0.538. The lowest BCUT2D eigenvalue weighted by atomic mass is 9.97. The summed E-state index contributed by atoms with van der Waals surface area (Å²) in [6.45, 7) is 6.56. The second-order valence-electron chi connectivity index (χ2n) is 5.33. The summed E-state index contributed by atoms with van der Waals surface area (Å²) in [7, 11) is 0. The van der Waals surface area contributed by atoms with Crippen molar-refractivity contribution in [1.82, 2.24) is 0 Å². The summed E-state index contributed by atoms with van der Waals surface area (Å²) >= 11 is 0. The zero-order chi connectivity index (χ0) is 14.6. The quantitative estimate of drug-likeness (QED) is 0.490. The van der Waals surface area contributed by atoms with Gasteiger partial charge in [0, 0.05) is 6.61 Å². The standard InChI is InChI=1S/C16H32O3/c1-4-7-8-9-10-11-12-13-14-19-16(5-2,6-3)15(17)18/h4-14H2,1-3H3,(H,17,18). The van der Waals surface area contributed by atoms with E-state index in [0.717, 1.165) is 12.8 Å². The first-order chi connectivity index (χ1) is 9.13. The Kier molecular flexibility index (Phi) is 10.9. The molecule has 0 bridgehead atoms. The van der Waals surface area contributed by atoms with E-state index in [0.29, 0.717) is 19.4 Å². The molecule has 0 aliphatic carbocycles. The van der Waals surface area contributed by atoms with E-state index in [-0.39, 0.29) is 0 Å². The first-order valence-electron chi connectivity index (χ1n) is 8.00. The first kappa shape index (κ1) is 18.4. The van der Waals surface area contributed by atoms with Crippen LogP contribution in [0.5, 0.6) is 0 Å². The van der Waals surface area contributed by atoms with Crippen LogP contribution in [0, 0.1) is 0 Å². The summed E-state index contributed by atoms with van der Waals surface area (Å²) in [6, 6.07) is 0. The summed E-state index contributed by atoms with van der Waals surface area (Å²) in [4.78, 5) is 11.2. The minimum atomic E-state index is -0.957. The number of carboxylic acid groups (broad SMARTS) is 1. The molecule has 3 nitrogen and oxygen atoms in total. The third-order valence-electron chi connectivity index (χ3n) is 3.91. The van der Waals surface area contributed by atoms with Gasteiger partial charge >= 0.3 is 5.97 Å². The third-order valence-corrected chi connectivity index (χ3v) is 3.91.